The third-order valence-corrected chi connectivity index (χ3v) is 3.43. The highest BCUT2D eigenvalue weighted by Gasteiger charge is 2.23. The largest absolute Gasteiger partial charge is 0.497 e. The number of fused-ring (bicyclic) bond motifs is 1. The number of rotatable bonds is 6. The SMILES string of the molecule is COC(=O)[C@@H](Cc1cc(=O)oc2cc(OC)ccc12)NC(=O)CO. The molecule has 0 spiro atoms. The van der Waals surface area contributed by atoms with Crippen molar-refractivity contribution in [3.05, 3.63) is 40.2 Å². The summed E-state index contributed by atoms with van der Waals surface area (Å²) < 4.78 is 14.9. The predicted octanol–water partition coefficient (Wildman–Crippen LogP) is -0.00580. The molecule has 1 aromatic heterocycles. The van der Waals surface area contributed by atoms with Crippen molar-refractivity contribution in [1.29, 1.82) is 0 Å². The maximum absolute atomic E-state index is 11.8. The average molecular weight is 335 g/mol. The molecule has 8 heteroatoms. The summed E-state index contributed by atoms with van der Waals surface area (Å²) in [6, 6.07) is 5.14. The van der Waals surface area contributed by atoms with Crippen LogP contribution in [0, 0.1) is 0 Å². The van der Waals surface area contributed by atoms with E-state index in [1.807, 2.05) is 0 Å². The summed E-state index contributed by atoms with van der Waals surface area (Å²) in [4.78, 5) is 35.0. The molecule has 0 radical (unpaired) electrons. The van der Waals surface area contributed by atoms with Gasteiger partial charge in [0.25, 0.3) is 0 Å². The monoisotopic (exact) mass is 335 g/mol. The summed E-state index contributed by atoms with van der Waals surface area (Å²) in [7, 11) is 2.67. The Bertz CT molecular complexity index is 812. The molecule has 0 bridgehead atoms. The zero-order chi connectivity index (χ0) is 17.7. The van der Waals surface area contributed by atoms with Crippen LogP contribution in [-0.2, 0) is 20.7 Å². The fourth-order valence-electron chi connectivity index (χ4n) is 2.30. The Hall–Kier alpha value is -2.87. The van der Waals surface area contributed by atoms with Crippen molar-refractivity contribution in [3.8, 4) is 5.75 Å². The fraction of sp³-hybridized carbons (Fsp3) is 0.312. The second-order valence-electron chi connectivity index (χ2n) is 4.96. The molecule has 2 aromatic rings. The number of benzene rings is 1. The number of esters is 1. The van der Waals surface area contributed by atoms with E-state index in [4.69, 9.17) is 14.3 Å². The van der Waals surface area contributed by atoms with Gasteiger partial charge < -0.3 is 24.3 Å². The third kappa shape index (κ3) is 3.90. The molecule has 0 fully saturated rings. The van der Waals surface area contributed by atoms with Gasteiger partial charge in [-0.05, 0) is 17.7 Å². The maximum Gasteiger partial charge on any atom is 0.336 e. The number of carbonyl (C=O) groups is 2. The van der Waals surface area contributed by atoms with Gasteiger partial charge in [0.1, 0.15) is 24.0 Å². The predicted molar refractivity (Wildman–Crippen MR) is 83.8 cm³/mol. The number of aliphatic hydroxyl groups excluding tert-OH is 1. The second kappa shape index (κ2) is 7.60. The molecule has 2 rings (SSSR count). The summed E-state index contributed by atoms with van der Waals surface area (Å²) in [5, 5.41) is 11.8. The van der Waals surface area contributed by atoms with Gasteiger partial charge in [0.05, 0.1) is 14.2 Å². The van der Waals surface area contributed by atoms with E-state index < -0.39 is 30.2 Å². The first kappa shape index (κ1) is 17.5. The summed E-state index contributed by atoms with van der Waals surface area (Å²) in [5.41, 5.74) is 0.203. The number of hydrogen-bond donors (Lipinski definition) is 2. The van der Waals surface area contributed by atoms with Gasteiger partial charge in [0.2, 0.25) is 5.91 Å². The van der Waals surface area contributed by atoms with Crippen LogP contribution in [0.15, 0.2) is 33.5 Å². The van der Waals surface area contributed by atoms with Crippen LogP contribution in [-0.4, -0.2) is 43.9 Å². The summed E-state index contributed by atoms with van der Waals surface area (Å²) in [6.07, 6.45) is 0.00679. The van der Waals surface area contributed by atoms with Gasteiger partial charge >= 0.3 is 11.6 Å². The molecule has 24 heavy (non-hydrogen) atoms. The van der Waals surface area contributed by atoms with Crippen molar-refractivity contribution in [2.75, 3.05) is 20.8 Å². The Labute approximate surface area is 137 Å². The highest BCUT2D eigenvalue weighted by atomic mass is 16.5. The molecule has 0 aliphatic heterocycles. The van der Waals surface area contributed by atoms with Gasteiger partial charge in [0.15, 0.2) is 0 Å². The molecular formula is C16H17NO7. The zero-order valence-electron chi connectivity index (χ0n) is 13.2. The van der Waals surface area contributed by atoms with Gasteiger partial charge in [-0.25, -0.2) is 9.59 Å². The Balaban J connectivity index is 2.43. The number of ether oxygens (including phenoxy) is 2. The molecule has 0 saturated carbocycles. The van der Waals surface area contributed by atoms with Crippen LogP contribution in [0.5, 0.6) is 5.75 Å². The Morgan fingerprint density at radius 1 is 1.29 bits per heavy atom. The molecule has 0 unspecified atom stereocenters. The fourth-order valence-corrected chi connectivity index (χ4v) is 2.30. The van der Waals surface area contributed by atoms with E-state index >= 15 is 0 Å². The van der Waals surface area contributed by atoms with Gasteiger partial charge in [-0.2, -0.15) is 0 Å². The highest BCUT2D eigenvalue weighted by Crippen LogP contribution is 2.23. The van der Waals surface area contributed by atoms with E-state index in [-0.39, 0.29) is 6.42 Å². The summed E-state index contributed by atoms with van der Waals surface area (Å²) in [5.74, 6) is -0.896. The first-order chi connectivity index (χ1) is 11.5. The van der Waals surface area contributed by atoms with Gasteiger partial charge in [-0.15, -0.1) is 0 Å². The lowest BCUT2D eigenvalue weighted by Gasteiger charge is -2.16. The molecule has 1 atom stereocenters. The van der Waals surface area contributed by atoms with E-state index in [9.17, 15) is 14.4 Å². The molecule has 1 heterocycles. The van der Waals surface area contributed by atoms with E-state index in [1.54, 1.807) is 18.2 Å². The third-order valence-electron chi connectivity index (χ3n) is 3.43. The molecule has 8 nitrogen and oxygen atoms in total. The second-order valence-corrected chi connectivity index (χ2v) is 4.96. The zero-order valence-corrected chi connectivity index (χ0v) is 13.2. The number of aliphatic hydroxyl groups is 1. The number of nitrogens with one attached hydrogen (secondary N) is 1. The molecule has 1 amide bonds. The van der Waals surface area contributed by atoms with Crippen LogP contribution >= 0.6 is 0 Å². The van der Waals surface area contributed by atoms with Crippen LogP contribution < -0.4 is 15.7 Å². The molecular weight excluding hydrogens is 318 g/mol. The first-order valence-corrected chi connectivity index (χ1v) is 7.07. The van der Waals surface area contributed by atoms with Gasteiger partial charge in [-0.1, -0.05) is 0 Å². The van der Waals surface area contributed by atoms with Crippen LogP contribution in [0.4, 0.5) is 0 Å². The Kier molecular flexibility index (Phi) is 5.54. The minimum absolute atomic E-state index is 0.00679. The topological polar surface area (TPSA) is 115 Å². The van der Waals surface area contributed by atoms with E-state index in [1.165, 1.54) is 20.3 Å². The van der Waals surface area contributed by atoms with Crippen molar-refractivity contribution >= 4 is 22.8 Å². The number of carbonyl (C=O) groups excluding carboxylic acids is 2. The van der Waals surface area contributed by atoms with Crippen molar-refractivity contribution in [1.82, 2.24) is 5.32 Å². The minimum atomic E-state index is -1.04. The van der Waals surface area contributed by atoms with Crippen LogP contribution in [0.3, 0.4) is 0 Å². The van der Waals surface area contributed by atoms with E-state index in [0.717, 1.165) is 0 Å². The van der Waals surface area contributed by atoms with Crippen LogP contribution in [0.25, 0.3) is 11.0 Å². The smallest absolute Gasteiger partial charge is 0.336 e. The lowest BCUT2D eigenvalue weighted by atomic mass is 10.0. The Morgan fingerprint density at radius 3 is 2.67 bits per heavy atom. The highest BCUT2D eigenvalue weighted by molar-refractivity contribution is 5.87. The quantitative estimate of drug-likeness (QED) is 0.564. The van der Waals surface area contributed by atoms with Crippen LogP contribution in [0.2, 0.25) is 0 Å². The standard InChI is InChI=1S/C16H17NO7/c1-22-10-3-4-11-9(6-15(20)24-13(11)7-10)5-12(16(21)23-2)17-14(19)8-18/h3-4,6-7,12,18H,5,8H2,1-2H3,(H,17,19)/t12-/m1/s1. The number of amides is 1. The van der Waals surface area contributed by atoms with Gasteiger partial charge in [0, 0.05) is 23.9 Å². The lowest BCUT2D eigenvalue weighted by molar-refractivity contribution is -0.145. The number of hydrogen-bond acceptors (Lipinski definition) is 7. The van der Waals surface area contributed by atoms with Crippen molar-refractivity contribution in [2.45, 2.75) is 12.5 Å². The molecule has 1 aromatic carbocycles. The summed E-state index contributed by atoms with van der Waals surface area (Å²) in [6.45, 7) is -0.762. The Morgan fingerprint density at radius 2 is 2.04 bits per heavy atom. The maximum atomic E-state index is 11.8. The van der Waals surface area contributed by atoms with Crippen molar-refractivity contribution in [3.63, 3.8) is 0 Å². The molecule has 0 aliphatic carbocycles. The lowest BCUT2D eigenvalue weighted by Crippen LogP contribution is -2.44. The van der Waals surface area contributed by atoms with Gasteiger partial charge in [-0.3, -0.25) is 4.79 Å². The van der Waals surface area contributed by atoms with E-state index in [0.29, 0.717) is 22.3 Å². The minimum Gasteiger partial charge on any atom is -0.497 e. The average Bonchev–Trinajstić information content (AvgIpc) is 2.59. The normalized spacial score (nSPS) is 11.8. The van der Waals surface area contributed by atoms with Crippen molar-refractivity contribution < 1.29 is 28.6 Å². The molecule has 128 valence electrons. The molecule has 2 N–H and O–H groups in total. The number of methoxy groups -OCH3 is 2. The van der Waals surface area contributed by atoms with Crippen LogP contribution in [0.1, 0.15) is 5.56 Å². The summed E-state index contributed by atoms with van der Waals surface area (Å²) >= 11 is 0. The molecule has 0 saturated heterocycles. The van der Waals surface area contributed by atoms with Crippen molar-refractivity contribution in [2.24, 2.45) is 0 Å². The first-order valence-electron chi connectivity index (χ1n) is 7.07. The van der Waals surface area contributed by atoms with E-state index in [2.05, 4.69) is 10.1 Å². The molecule has 0 aliphatic rings.